The fourth-order valence-corrected chi connectivity index (χ4v) is 11.0. The lowest BCUT2D eigenvalue weighted by molar-refractivity contribution is -0.167. The number of carbonyl (C=O) groups is 3. The van der Waals surface area contributed by atoms with Gasteiger partial charge in [-0.15, -0.1) is 0 Å². The van der Waals surface area contributed by atoms with E-state index in [4.69, 9.17) is 14.2 Å². The molecule has 480 valence electrons. The van der Waals surface area contributed by atoms with Crippen molar-refractivity contribution in [2.75, 3.05) is 13.2 Å². The van der Waals surface area contributed by atoms with Gasteiger partial charge in [0.25, 0.3) is 0 Å². The van der Waals surface area contributed by atoms with E-state index in [9.17, 15) is 14.4 Å². The molecule has 0 aliphatic heterocycles. The molecule has 0 spiro atoms. The maximum absolute atomic E-state index is 13.0. The second-order valence-electron chi connectivity index (χ2n) is 24.9. The molecule has 0 aromatic rings. The van der Waals surface area contributed by atoms with Crippen molar-refractivity contribution in [1.29, 1.82) is 0 Å². The first kappa shape index (κ1) is 79.4. The highest BCUT2D eigenvalue weighted by Gasteiger charge is 2.19. The SMILES string of the molecule is CCCCCCC/C=C\C/C=C\C/C=C\CCCCCCCCC(=O)OC(COC(=O)CCCCCCC/C=C\CCCCCCC)COC(=O)CCCCCCCCCCCCCCCCCCCCCCCCCCCCCCC. The maximum Gasteiger partial charge on any atom is 0.306 e. The normalized spacial score (nSPS) is 12.3. The first-order chi connectivity index (χ1) is 40.5. The van der Waals surface area contributed by atoms with E-state index < -0.39 is 6.10 Å². The van der Waals surface area contributed by atoms with Crippen LogP contribution in [0.25, 0.3) is 0 Å². The summed E-state index contributed by atoms with van der Waals surface area (Å²) in [5.74, 6) is -0.873. The Morgan fingerprint density at radius 3 is 0.695 bits per heavy atom. The number of esters is 3. The Hall–Kier alpha value is -2.63. The minimum atomic E-state index is -0.784. The van der Waals surface area contributed by atoms with Crippen molar-refractivity contribution in [3.05, 3.63) is 48.6 Å². The molecular weight excluding hydrogens is 1010 g/mol. The third-order valence-corrected chi connectivity index (χ3v) is 16.6. The minimum Gasteiger partial charge on any atom is -0.462 e. The van der Waals surface area contributed by atoms with Gasteiger partial charge in [0, 0.05) is 19.3 Å². The van der Waals surface area contributed by atoms with E-state index >= 15 is 0 Å². The molecule has 0 saturated carbocycles. The Morgan fingerprint density at radius 2 is 0.439 bits per heavy atom. The molecule has 6 heteroatoms. The largest absolute Gasteiger partial charge is 0.462 e. The quantitative estimate of drug-likeness (QED) is 0.0261. The van der Waals surface area contributed by atoms with E-state index in [-0.39, 0.29) is 31.1 Å². The van der Waals surface area contributed by atoms with Gasteiger partial charge in [0.1, 0.15) is 13.2 Å². The predicted octanol–water partition coefficient (Wildman–Crippen LogP) is 25.3. The molecule has 6 nitrogen and oxygen atoms in total. The second-order valence-corrected chi connectivity index (χ2v) is 24.9. The van der Waals surface area contributed by atoms with Gasteiger partial charge in [-0.1, -0.05) is 345 Å². The summed E-state index contributed by atoms with van der Waals surface area (Å²) in [6, 6.07) is 0. The van der Waals surface area contributed by atoms with E-state index in [1.54, 1.807) is 0 Å². The highest BCUT2D eigenvalue weighted by molar-refractivity contribution is 5.71. The third kappa shape index (κ3) is 68.2. The van der Waals surface area contributed by atoms with Crippen molar-refractivity contribution < 1.29 is 28.6 Å². The molecule has 0 N–H and O–H groups in total. The van der Waals surface area contributed by atoms with Gasteiger partial charge in [0.15, 0.2) is 6.10 Å². The van der Waals surface area contributed by atoms with Gasteiger partial charge in [-0.05, 0) is 83.5 Å². The summed E-state index contributed by atoms with van der Waals surface area (Å²) >= 11 is 0. The van der Waals surface area contributed by atoms with Crippen LogP contribution < -0.4 is 0 Å². The molecule has 0 saturated heterocycles. The molecule has 1 atom stereocenters. The van der Waals surface area contributed by atoms with Gasteiger partial charge in [-0.25, -0.2) is 0 Å². The molecular formula is C76H140O6. The Balaban J connectivity index is 4.23. The maximum atomic E-state index is 13.0. The molecule has 0 aromatic heterocycles. The van der Waals surface area contributed by atoms with Crippen LogP contribution >= 0.6 is 0 Å². The molecule has 0 fully saturated rings. The molecule has 0 amide bonds. The summed E-state index contributed by atoms with van der Waals surface area (Å²) in [6.07, 6.45) is 90.1. The van der Waals surface area contributed by atoms with Crippen LogP contribution in [0, 0.1) is 0 Å². The fourth-order valence-electron chi connectivity index (χ4n) is 11.0. The molecule has 0 aliphatic rings. The van der Waals surface area contributed by atoms with Crippen molar-refractivity contribution >= 4 is 17.9 Å². The van der Waals surface area contributed by atoms with E-state index in [0.29, 0.717) is 19.3 Å². The molecule has 82 heavy (non-hydrogen) atoms. The van der Waals surface area contributed by atoms with Crippen LogP contribution in [0.5, 0.6) is 0 Å². The lowest BCUT2D eigenvalue weighted by Gasteiger charge is -2.18. The molecule has 0 heterocycles. The first-order valence-corrected chi connectivity index (χ1v) is 36.6. The van der Waals surface area contributed by atoms with Gasteiger partial charge in [0.2, 0.25) is 0 Å². The zero-order valence-electron chi connectivity index (χ0n) is 55.3. The molecule has 1 unspecified atom stereocenters. The number of carbonyl (C=O) groups excluding carboxylic acids is 3. The zero-order valence-corrected chi connectivity index (χ0v) is 55.3. The monoisotopic (exact) mass is 1150 g/mol. The van der Waals surface area contributed by atoms with Crippen molar-refractivity contribution in [1.82, 2.24) is 0 Å². The average molecular weight is 1150 g/mol. The number of unbranched alkanes of at least 4 members (excludes halogenated alkanes) is 49. The van der Waals surface area contributed by atoms with Crippen LogP contribution in [0.1, 0.15) is 400 Å². The number of hydrogen-bond acceptors (Lipinski definition) is 6. The number of ether oxygens (including phenoxy) is 3. The lowest BCUT2D eigenvalue weighted by atomic mass is 10.0. The Kier molecular flexibility index (Phi) is 68.6. The summed E-state index contributed by atoms with van der Waals surface area (Å²) in [7, 11) is 0. The predicted molar refractivity (Wildman–Crippen MR) is 358 cm³/mol. The Bertz CT molecular complexity index is 1410. The standard InChI is InChI=1S/C76H140O6/c1-4-7-10-13-16-19-22-25-28-30-32-34-35-36-37-38-39-40-41-43-44-46-48-51-54-57-60-63-66-69-75(78)81-72-73(71-80-74(77)68-65-62-59-56-53-50-27-24-21-18-15-12-9-6-3)82-76(79)70-67-64-61-58-55-52-49-47-45-42-33-31-29-26-23-20-17-14-11-8-5-2/h23-24,26-27,31,33,45,47,73H,4-22,25,28-30,32,34-44,46,48-72H2,1-3H3/b26-23-,27-24-,33-31-,47-45-. The summed E-state index contributed by atoms with van der Waals surface area (Å²) in [5, 5.41) is 0. The topological polar surface area (TPSA) is 78.9 Å². The highest BCUT2D eigenvalue weighted by atomic mass is 16.6. The van der Waals surface area contributed by atoms with Gasteiger partial charge in [-0.3, -0.25) is 14.4 Å². The van der Waals surface area contributed by atoms with Gasteiger partial charge < -0.3 is 14.2 Å². The van der Waals surface area contributed by atoms with Gasteiger partial charge in [0.05, 0.1) is 0 Å². The van der Waals surface area contributed by atoms with Crippen LogP contribution in [0.2, 0.25) is 0 Å². The van der Waals surface area contributed by atoms with E-state index in [2.05, 4.69) is 69.4 Å². The lowest BCUT2D eigenvalue weighted by Crippen LogP contribution is -2.30. The summed E-state index contributed by atoms with van der Waals surface area (Å²) in [6.45, 7) is 6.67. The number of hydrogen-bond donors (Lipinski definition) is 0. The number of allylic oxidation sites excluding steroid dienone is 8. The number of rotatable bonds is 68. The molecule has 0 bridgehead atoms. The fraction of sp³-hybridized carbons (Fsp3) is 0.855. The summed E-state index contributed by atoms with van der Waals surface area (Å²) < 4.78 is 17.0. The molecule has 0 rings (SSSR count). The highest BCUT2D eigenvalue weighted by Crippen LogP contribution is 2.19. The van der Waals surface area contributed by atoms with Crippen molar-refractivity contribution in [2.45, 2.75) is 406 Å². The van der Waals surface area contributed by atoms with Gasteiger partial charge in [-0.2, -0.15) is 0 Å². The average Bonchev–Trinajstić information content (AvgIpc) is 3.47. The second kappa shape index (κ2) is 70.9. The minimum absolute atomic E-state index is 0.0773. The van der Waals surface area contributed by atoms with E-state index in [1.165, 1.54) is 276 Å². The van der Waals surface area contributed by atoms with Crippen molar-refractivity contribution in [3.63, 3.8) is 0 Å². The van der Waals surface area contributed by atoms with Crippen molar-refractivity contribution in [2.24, 2.45) is 0 Å². The summed E-state index contributed by atoms with van der Waals surface area (Å²) in [4.78, 5) is 38.4. The molecule has 0 aliphatic carbocycles. The van der Waals surface area contributed by atoms with Crippen LogP contribution in [-0.2, 0) is 28.6 Å². The third-order valence-electron chi connectivity index (χ3n) is 16.6. The summed E-state index contributed by atoms with van der Waals surface area (Å²) in [5.41, 5.74) is 0. The van der Waals surface area contributed by atoms with Gasteiger partial charge >= 0.3 is 17.9 Å². The van der Waals surface area contributed by atoms with E-state index in [0.717, 1.165) is 83.5 Å². The molecule has 0 aromatic carbocycles. The Morgan fingerprint density at radius 1 is 0.244 bits per heavy atom. The molecule has 0 radical (unpaired) electrons. The first-order valence-electron chi connectivity index (χ1n) is 36.6. The van der Waals surface area contributed by atoms with Crippen LogP contribution in [0.3, 0.4) is 0 Å². The smallest absolute Gasteiger partial charge is 0.306 e. The zero-order chi connectivity index (χ0) is 59.2. The van der Waals surface area contributed by atoms with Crippen LogP contribution in [0.15, 0.2) is 48.6 Å². The Labute approximate surface area is 511 Å². The van der Waals surface area contributed by atoms with Crippen molar-refractivity contribution in [3.8, 4) is 0 Å². The van der Waals surface area contributed by atoms with Crippen LogP contribution in [-0.4, -0.2) is 37.2 Å². The van der Waals surface area contributed by atoms with Crippen LogP contribution in [0.4, 0.5) is 0 Å². The van der Waals surface area contributed by atoms with E-state index in [1.807, 2.05) is 0 Å².